The molecule has 4 nitrogen and oxygen atoms in total. The van der Waals surface area contributed by atoms with Gasteiger partial charge in [-0.1, -0.05) is 41.9 Å². The minimum absolute atomic E-state index is 0.0234. The molecule has 0 aliphatic carbocycles. The third-order valence-electron chi connectivity index (χ3n) is 3.62. The van der Waals surface area contributed by atoms with Gasteiger partial charge in [0.1, 0.15) is 12.4 Å². The first-order valence-electron chi connectivity index (χ1n) is 7.96. The maximum atomic E-state index is 12.1. The zero-order valence-electron chi connectivity index (χ0n) is 14.0. The van der Waals surface area contributed by atoms with Gasteiger partial charge >= 0.3 is 0 Å². The number of carbonyl (C=O) groups is 1. The monoisotopic (exact) mass is 346 g/mol. The van der Waals surface area contributed by atoms with E-state index in [0.717, 1.165) is 11.3 Å². The Bertz CT molecular complexity index is 649. The molecule has 2 aromatic rings. The zero-order chi connectivity index (χ0) is 17.4. The molecule has 0 saturated heterocycles. The number of rotatable bonds is 8. The summed E-state index contributed by atoms with van der Waals surface area (Å²) >= 11 is 5.98. The Kier molecular flexibility index (Phi) is 7.09. The Labute approximate surface area is 148 Å². The molecule has 2 rings (SSSR count). The first-order chi connectivity index (χ1) is 11.5. The number of benzene rings is 2. The maximum Gasteiger partial charge on any atom is 0.234 e. The van der Waals surface area contributed by atoms with Gasteiger partial charge in [0.2, 0.25) is 5.91 Å². The third-order valence-corrected chi connectivity index (χ3v) is 3.86. The minimum Gasteiger partial charge on any atom is -0.492 e. The highest BCUT2D eigenvalue weighted by Crippen LogP contribution is 2.17. The molecule has 1 atom stereocenters. The lowest BCUT2D eigenvalue weighted by Gasteiger charge is -2.19. The van der Waals surface area contributed by atoms with E-state index in [0.29, 0.717) is 24.7 Å². The number of hydrogen-bond donors (Lipinski definition) is 1. The molecule has 1 amide bonds. The van der Waals surface area contributed by atoms with Crippen molar-refractivity contribution in [2.24, 2.45) is 0 Å². The standard InChI is InChI=1S/C19H23ClN2O2/c1-15(16-7-6-8-17(20)13-16)21-19(23)14-22(2)11-12-24-18-9-4-3-5-10-18/h3-10,13,15H,11-12,14H2,1-2H3,(H,21,23). The number of halogens is 1. The number of nitrogens with one attached hydrogen (secondary N) is 1. The van der Waals surface area contributed by atoms with Gasteiger partial charge in [-0.15, -0.1) is 0 Å². The van der Waals surface area contributed by atoms with E-state index in [4.69, 9.17) is 16.3 Å². The highest BCUT2D eigenvalue weighted by molar-refractivity contribution is 6.30. The fourth-order valence-electron chi connectivity index (χ4n) is 2.31. The lowest BCUT2D eigenvalue weighted by atomic mass is 10.1. The summed E-state index contributed by atoms with van der Waals surface area (Å²) in [6.07, 6.45) is 0. The van der Waals surface area contributed by atoms with Gasteiger partial charge in [0.05, 0.1) is 12.6 Å². The van der Waals surface area contributed by atoms with E-state index in [2.05, 4.69) is 5.32 Å². The molecule has 1 N–H and O–H groups in total. The van der Waals surface area contributed by atoms with Gasteiger partial charge in [-0.2, -0.15) is 0 Å². The van der Waals surface area contributed by atoms with Crippen LogP contribution in [-0.2, 0) is 4.79 Å². The molecule has 128 valence electrons. The smallest absolute Gasteiger partial charge is 0.234 e. The molecule has 0 aliphatic heterocycles. The van der Waals surface area contributed by atoms with E-state index in [9.17, 15) is 4.79 Å². The molecule has 5 heteroatoms. The number of hydrogen-bond acceptors (Lipinski definition) is 3. The van der Waals surface area contributed by atoms with Crippen LogP contribution < -0.4 is 10.1 Å². The largest absolute Gasteiger partial charge is 0.492 e. The summed E-state index contributed by atoms with van der Waals surface area (Å²) in [6.45, 7) is 3.48. The van der Waals surface area contributed by atoms with Crippen molar-refractivity contribution in [2.75, 3.05) is 26.7 Å². The van der Waals surface area contributed by atoms with Crippen molar-refractivity contribution in [1.82, 2.24) is 10.2 Å². The molecular weight excluding hydrogens is 324 g/mol. The van der Waals surface area contributed by atoms with Crippen molar-refractivity contribution >= 4 is 17.5 Å². The number of ether oxygens (including phenoxy) is 1. The van der Waals surface area contributed by atoms with Crippen molar-refractivity contribution in [2.45, 2.75) is 13.0 Å². The first-order valence-corrected chi connectivity index (χ1v) is 8.33. The van der Waals surface area contributed by atoms with E-state index >= 15 is 0 Å². The van der Waals surface area contributed by atoms with Crippen LogP contribution in [0.25, 0.3) is 0 Å². The van der Waals surface area contributed by atoms with Crippen LogP contribution >= 0.6 is 11.6 Å². The summed E-state index contributed by atoms with van der Waals surface area (Å²) in [5, 5.41) is 3.65. The van der Waals surface area contributed by atoms with Crippen LogP contribution in [0.2, 0.25) is 5.02 Å². The molecule has 2 aromatic carbocycles. The summed E-state index contributed by atoms with van der Waals surface area (Å²) in [5.41, 5.74) is 0.992. The number of carbonyl (C=O) groups excluding carboxylic acids is 1. The van der Waals surface area contributed by atoms with Crippen LogP contribution in [0.4, 0.5) is 0 Å². The van der Waals surface area contributed by atoms with Crippen LogP contribution in [0.1, 0.15) is 18.5 Å². The van der Waals surface area contributed by atoms with Crippen LogP contribution in [0.3, 0.4) is 0 Å². The number of likely N-dealkylation sites (N-methyl/N-ethyl adjacent to an activating group) is 1. The Balaban J connectivity index is 1.71. The zero-order valence-corrected chi connectivity index (χ0v) is 14.8. The van der Waals surface area contributed by atoms with Crippen molar-refractivity contribution < 1.29 is 9.53 Å². The Morgan fingerprint density at radius 3 is 2.67 bits per heavy atom. The average molecular weight is 347 g/mol. The molecular formula is C19H23ClN2O2. The van der Waals surface area contributed by atoms with E-state index in [1.165, 1.54) is 0 Å². The lowest BCUT2D eigenvalue weighted by molar-refractivity contribution is -0.122. The Morgan fingerprint density at radius 2 is 1.96 bits per heavy atom. The molecule has 0 heterocycles. The maximum absolute atomic E-state index is 12.1. The van der Waals surface area contributed by atoms with Gasteiger partial charge in [0.25, 0.3) is 0 Å². The quantitative estimate of drug-likeness (QED) is 0.795. The first kappa shape index (κ1) is 18.3. The summed E-state index contributed by atoms with van der Waals surface area (Å²) in [7, 11) is 1.90. The molecule has 1 unspecified atom stereocenters. The van der Waals surface area contributed by atoms with Crippen LogP contribution in [0, 0.1) is 0 Å². The minimum atomic E-state index is -0.0785. The van der Waals surface area contributed by atoms with Gasteiger partial charge in [0.15, 0.2) is 0 Å². The molecule has 0 radical (unpaired) electrons. The van der Waals surface area contributed by atoms with E-state index in [1.807, 2.05) is 73.5 Å². The highest BCUT2D eigenvalue weighted by atomic mass is 35.5. The fraction of sp³-hybridized carbons (Fsp3) is 0.316. The molecule has 0 aliphatic rings. The number of para-hydroxylation sites is 1. The van der Waals surface area contributed by atoms with E-state index in [1.54, 1.807) is 0 Å². The highest BCUT2D eigenvalue weighted by Gasteiger charge is 2.12. The summed E-state index contributed by atoms with van der Waals surface area (Å²) < 4.78 is 5.63. The third kappa shape index (κ3) is 6.22. The van der Waals surface area contributed by atoms with Gasteiger partial charge in [-0.3, -0.25) is 9.69 Å². The predicted octanol–water partition coefficient (Wildman–Crippen LogP) is 3.53. The number of amides is 1. The van der Waals surface area contributed by atoms with Crippen molar-refractivity contribution in [3.05, 3.63) is 65.2 Å². The van der Waals surface area contributed by atoms with Gasteiger partial charge in [-0.05, 0) is 43.8 Å². The van der Waals surface area contributed by atoms with Gasteiger partial charge < -0.3 is 10.1 Å². The van der Waals surface area contributed by atoms with Gasteiger partial charge in [-0.25, -0.2) is 0 Å². The second kappa shape index (κ2) is 9.30. The van der Waals surface area contributed by atoms with Gasteiger partial charge in [0, 0.05) is 11.6 Å². The van der Waals surface area contributed by atoms with Crippen LogP contribution in [0.15, 0.2) is 54.6 Å². The molecule has 0 saturated carbocycles. The Hall–Kier alpha value is -2.04. The van der Waals surface area contributed by atoms with Crippen LogP contribution in [-0.4, -0.2) is 37.6 Å². The summed E-state index contributed by atoms with van der Waals surface area (Å²) in [6, 6.07) is 17.1. The molecule has 0 fully saturated rings. The second-order valence-electron chi connectivity index (χ2n) is 5.74. The van der Waals surface area contributed by atoms with E-state index < -0.39 is 0 Å². The fourth-order valence-corrected chi connectivity index (χ4v) is 2.51. The van der Waals surface area contributed by atoms with Crippen molar-refractivity contribution in [3.8, 4) is 5.75 Å². The van der Waals surface area contributed by atoms with Crippen molar-refractivity contribution in [1.29, 1.82) is 0 Å². The molecule has 0 aromatic heterocycles. The van der Waals surface area contributed by atoms with Crippen LogP contribution in [0.5, 0.6) is 5.75 Å². The SMILES string of the molecule is CC(NC(=O)CN(C)CCOc1ccccc1)c1cccc(Cl)c1. The molecule has 24 heavy (non-hydrogen) atoms. The summed E-state index contributed by atoms with van der Waals surface area (Å²) in [5.74, 6) is 0.814. The molecule has 0 spiro atoms. The topological polar surface area (TPSA) is 41.6 Å². The normalized spacial score (nSPS) is 12.0. The predicted molar refractivity (Wildman–Crippen MR) is 97.4 cm³/mol. The van der Waals surface area contributed by atoms with Crippen molar-refractivity contribution in [3.63, 3.8) is 0 Å². The van der Waals surface area contributed by atoms with E-state index in [-0.39, 0.29) is 11.9 Å². The number of nitrogens with zero attached hydrogens (tertiary/aromatic N) is 1. The average Bonchev–Trinajstić information content (AvgIpc) is 2.55. The Morgan fingerprint density at radius 1 is 1.21 bits per heavy atom. The second-order valence-corrected chi connectivity index (χ2v) is 6.18. The lowest BCUT2D eigenvalue weighted by Crippen LogP contribution is -2.38. The molecule has 0 bridgehead atoms. The summed E-state index contributed by atoms with van der Waals surface area (Å²) in [4.78, 5) is 14.1.